The van der Waals surface area contributed by atoms with E-state index in [1.165, 1.54) is 38.5 Å². The van der Waals surface area contributed by atoms with Gasteiger partial charge in [-0.2, -0.15) is 4.91 Å². The fourth-order valence-electron chi connectivity index (χ4n) is 2.22. The zero-order valence-corrected chi connectivity index (χ0v) is 14.6. The number of hydrogen-bond acceptors (Lipinski definition) is 5. The summed E-state index contributed by atoms with van der Waals surface area (Å²) in [4.78, 5) is 25.1. The second-order valence-electron chi connectivity index (χ2n) is 5.15. The summed E-state index contributed by atoms with van der Waals surface area (Å²) in [7, 11) is 1.53. The van der Waals surface area contributed by atoms with Crippen LogP contribution in [-0.2, 0) is 4.74 Å². The minimum atomic E-state index is -0.193. The lowest BCUT2D eigenvalue weighted by Crippen LogP contribution is -2.36. The number of carbonyl (C=O) groups is 1. The molecule has 1 saturated carbocycles. The second kappa shape index (κ2) is 11.3. The minimum Gasteiger partial charge on any atom is -0.383 e. The highest BCUT2D eigenvalue weighted by molar-refractivity contribution is 6.34. The Labute approximate surface area is 145 Å². The van der Waals surface area contributed by atoms with E-state index in [2.05, 4.69) is 20.2 Å². The fourth-order valence-corrected chi connectivity index (χ4v) is 2.69. The Balaban J connectivity index is 0.000000379. The van der Waals surface area contributed by atoms with E-state index in [-0.39, 0.29) is 29.3 Å². The van der Waals surface area contributed by atoms with Gasteiger partial charge in [0.25, 0.3) is 5.91 Å². The van der Waals surface area contributed by atoms with Crippen LogP contribution in [0.5, 0.6) is 0 Å². The number of hydrogen-bond donors (Lipinski definition) is 1. The topological polar surface area (TPSA) is 80.6 Å². The first-order valence-corrected chi connectivity index (χ1v) is 8.24. The lowest BCUT2D eigenvalue weighted by Gasteiger charge is -2.22. The molecule has 1 N–H and O–H groups in total. The predicted octanol–water partition coefficient (Wildman–Crippen LogP) is 3.85. The number of nitrogens with one attached hydrogen (secondary N) is 1. The molecule has 1 amide bonds. The molecule has 1 aliphatic carbocycles. The van der Waals surface area contributed by atoms with Gasteiger partial charge < -0.3 is 10.1 Å². The van der Waals surface area contributed by atoms with Gasteiger partial charge in [0.05, 0.1) is 6.61 Å². The van der Waals surface area contributed by atoms with Crippen molar-refractivity contribution in [3.63, 3.8) is 0 Å². The molecular weight excluding hydrogens is 341 g/mol. The Hall–Kier alpha value is -1.24. The molecule has 0 aliphatic heterocycles. The van der Waals surface area contributed by atoms with Crippen LogP contribution in [0.3, 0.4) is 0 Å². The lowest BCUT2D eigenvalue weighted by atomic mass is 9.95. The van der Waals surface area contributed by atoms with E-state index in [9.17, 15) is 9.70 Å². The van der Waals surface area contributed by atoms with E-state index in [0.717, 1.165) is 12.8 Å². The molecule has 1 aromatic heterocycles. The SMILES string of the molecule is COCCN=O.O=C(NC1CCCCC1)c1cc(Cl)cc(Cl)n1. The summed E-state index contributed by atoms with van der Waals surface area (Å²) in [5, 5.41) is 6.19. The molecule has 0 bridgehead atoms. The largest absolute Gasteiger partial charge is 0.383 e. The number of methoxy groups -OCH3 is 1. The molecule has 0 unspecified atom stereocenters. The monoisotopic (exact) mass is 361 g/mol. The number of nitrogens with zero attached hydrogens (tertiary/aromatic N) is 2. The second-order valence-corrected chi connectivity index (χ2v) is 5.97. The van der Waals surface area contributed by atoms with Crippen molar-refractivity contribution in [2.45, 2.75) is 38.1 Å². The molecule has 1 fully saturated rings. The van der Waals surface area contributed by atoms with Gasteiger partial charge in [-0.1, -0.05) is 47.6 Å². The van der Waals surface area contributed by atoms with Gasteiger partial charge in [-0.05, 0) is 25.0 Å². The van der Waals surface area contributed by atoms with E-state index in [1.807, 2.05) is 0 Å². The lowest BCUT2D eigenvalue weighted by molar-refractivity contribution is 0.0922. The van der Waals surface area contributed by atoms with Crippen molar-refractivity contribution in [2.75, 3.05) is 20.3 Å². The summed E-state index contributed by atoms with van der Waals surface area (Å²) in [6.07, 6.45) is 5.69. The number of rotatable bonds is 5. The van der Waals surface area contributed by atoms with E-state index in [1.54, 1.807) is 0 Å². The van der Waals surface area contributed by atoms with Crippen molar-refractivity contribution >= 4 is 29.1 Å². The molecule has 0 saturated heterocycles. The van der Waals surface area contributed by atoms with Crippen LogP contribution < -0.4 is 5.32 Å². The van der Waals surface area contributed by atoms with Gasteiger partial charge in [0.1, 0.15) is 17.4 Å². The third kappa shape index (κ3) is 8.25. The summed E-state index contributed by atoms with van der Waals surface area (Å²) in [5.74, 6) is -0.193. The van der Waals surface area contributed by atoms with Crippen LogP contribution in [0, 0.1) is 4.91 Å². The Kier molecular flexibility index (Phi) is 9.75. The van der Waals surface area contributed by atoms with Crippen LogP contribution in [-0.4, -0.2) is 37.2 Å². The molecule has 0 atom stereocenters. The number of aromatic nitrogens is 1. The smallest absolute Gasteiger partial charge is 0.270 e. The Bertz CT molecular complexity index is 488. The van der Waals surface area contributed by atoms with Gasteiger partial charge in [0, 0.05) is 18.2 Å². The van der Waals surface area contributed by atoms with Crippen molar-refractivity contribution in [1.29, 1.82) is 0 Å². The van der Waals surface area contributed by atoms with Gasteiger partial charge in [0.15, 0.2) is 0 Å². The Morgan fingerprint density at radius 2 is 2.04 bits per heavy atom. The van der Waals surface area contributed by atoms with Crippen molar-refractivity contribution in [1.82, 2.24) is 10.3 Å². The van der Waals surface area contributed by atoms with Crippen LogP contribution >= 0.6 is 23.2 Å². The van der Waals surface area contributed by atoms with Crippen molar-refractivity contribution in [3.8, 4) is 0 Å². The van der Waals surface area contributed by atoms with Crippen LogP contribution in [0.15, 0.2) is 17.3 Å². The number of halogens is 2. The van der Waals surface area contributed by atoms with Crippen molar-refractivity contribution in [3.05, 3.63) is 32.9 Å². The standard InChI is InChI=1S/C12H14Cl2N2O.C3H7NO2/c13-8-6-10(16-11(14)7-8)12(17)15-9-4-2-1-3-5-9;1-6-3-2-4-5/h6-7,9H,1-5H2,(H,15,17);2-3H2,1H3. The van der Waals surface area contributed by atoms with Gasteiger partial charge in [0.2, 0.25) is 0 Å². The van der Waals surface area contributed by atoms with Gasteiger partial charge in [-0.15, -0.1) is 0 Å². The molecule has 23 heavy (non-hydrogen) atoms. The molecule has 1 aromatic rings. The van der Waals surface area contributed by atoms with E-state index in [4.69, 9.17) is 23.2 Å². The summed E-state index contributed by atoms with van der Waals surface area (Å²) in [6, 6.07) is 3.31. The van der Waals surface area contributed by atoms with Crippen LogP contribution in [0.25, 0.3) is 0 Å². The first-order chi connectivity index (χ1) is 11.1. The Morgan fingerprint density at radius 1 is 1.35 bits per heavy atom. The van der Waals surface area contributed by atoms with Crippen molar-refractivity contribution < 1.29 is 9.53 Å². The van der Waals surface area contributed by atoms with Crippen molar-refractivity contribution in [2.24, 2.45) is 5.18 Å². The van der Waals surface area contributed by atoms with Gasteiger partial charge >= 0.3 is 0 Å². The summed E-state index contributed by atoms with van der Waals surface area (Å²) < 4.78 is 4.49. The first kappa shape index (κ1) is 19.8. The maximum absolute atomic E-state index is 11.9. The van der Waals surface area contributed by atoms with E-state index >= 15 is 0 Å². The zero-order chi connectivity index (χ0) is 17.1. The summed E-state index contributed by atoms with van der Waals surface area (Å²) in [5.41, 5.74) is 0.285. The Morgan fingerprint density at radius 3 is 2.57 bits per heavy atom. The number of ether oxygens (including phenoxy) is 1. The predicted molar refractivity (Wildman–Crippen MR) is 91.1 cm³/mol. The molecule has 0 spiro atoms. The quantitative estimate of drug-likeness (QED) is 0.490. The molecule has 1 aliphatic rings. The van der Waals surface area contributed by atoms with E-state index in [0.29, 0.717) is 11.6 Å². The molecule has 8 heteroatoms. The maximum atomic E-state index is 11.9. The first-order valence-electron chi connectivity index (χ1n) is 7.48. The van der Waals surface area contributed by atoms with E-state index < -0.39 is 0 Å². The highest BCUT2D eigenvalue weighted by atomic mass is 35.5. The number of pyridine rings is 1. The molecule has 6 nitrogen and oxygen atoms in total. The fraction of sp³-hybridized carbons (Fsp3) is 0.600. The maximum Gasteiger partial charge on any atom is 0.270 e. The third-order valence-corrected chi connectivity index (χ3v) is 3.73. The number of amides is 1. The van der Waals surface area contributed by atoms with Crippen LogP contribution in [0.1, 0.15) is 42.6 Å². The van der Waals surface area contributed by atoms with Gasteiger partial charge in [-0.25, -0.2) is 4.98 Å². The zero-order valence-electron chi connectivity index (χ0n) is 13.1. The highest BCUT2D eigenvalue weighted by Gasteiger charge is 2.17. The molecule has 0 aromatic carbocycles. The minimum absolute atomic E-state index is 0.193. The van der Waals surface area contributed by atoms with Crippen LogP contribution in [0.4, 0.5) is 0 Å². The molecule has 2 rings (SSSR count). The summed E-state index contributed by atoms with van der Waals surface area (Å²) >= 11 is 11.6. The van der Waals surface area contributed by atoms with Crippen LogP contribution in [0.2, 0.25) is 10.2 Å². The average Bonchev–Trinajstić information content (AvgIpc) is 2.53. The highest BCUT2D eigenvalue weighted by Crippen LogP contribution is 2.19. The summed E-state index contributed by atoms with van der Waals surface area (Å²) in [6.45, 7) is 0.694. The molecule has 0 radical (unpaired) electrons. The number of carbonyl (C=O) groups excluding carboxylic acids is 1. The average molecular weight is 362 g/mol. The normalized spacial score (nSPS) is 14.6. The molecule has 1 heterocycles. The third-order valence-electron chi connectivity index (χ3n) is 3.32. The molecular formula is C15H21Cl2N3O3. The molecule has 128 valence electrons. The number of nitroso groups, excluding NO2 is 1. The van der Waals surface area contributed by atoms with Gasteiger partial charge in [-0.3, -0.25) is 4.79 Å².